The highest BCUT2D eigenvalue weighted by Crippen LogP contribution is 2.69. The van der Waals surface area contributed by atoms with Crippen molar-refractivity contribution in [1.29, 1.82) is 0 Å². The lowest BCUT2D eigenvalue weighted by Gasteiger charge is -2.32. The predicted molar refractivity (Wildman–Crippen MR) is 444 cm³/mol. The van der Waals surface area contributed by atoms with Gasteiger partial charge in [0.25, 0.3) is 0 Å². The lowest BCUT2D eigenvalue weighted by Crippen LogP contribution is -2.26. The molecule has 0 atom stereocenters. The van der Waals surface area contributed by atoms with Crippen molar-refractivity contribution in [2.75, 3.05) is 0 Å². The number of para-hydroxylation sites is 4. The van der Waals surface area contributed by atoms with Gasteiger partial charge in [-0.25, -0.2) is 9.97 Å². The van der Waals surface area contributed by atoms with E-state index in [-0.39, 0.29) is 0 Å². The van der Waals surface area contributed by atoms with Gasteiger partial charge in [0, 0.05) is 24.2 Å². The summed E-state index contributed by atoms with van der Waals surface area (Å²) in [4.78, 5) is 10.9. The Kier molecular flexibility index (Phi) is 12.0. The van der Waals surface area contributed by atoms with Crippen molar-refractivity contribution in [3.8, 4) is 89.5 Å². The minimum Gasteiger partial charge on any atom is -0.324 e. The molecule has 0 radical (unpaired) electrons. The first-order valence-electron chi connectivity index (χ1n) is 37.6. The van der Waals surface area contributed by atoms with Gasteiger partial charge < -0.3 is 9.13 Å². The fourth-order valence-corrected chi connectivity index (χ4v) is 20.9. The van der Waals surface area contributed by atoms with Crippen LogP contribution in [0.3, 0.4) is 0 Å². The molecule has 0 fully saturated rings. The van der Waals surface area contributed by atoms with E-state index in [4.69, 9.17) is 9.97 Å². The third kappa shape index (κ3) is 7.65. The number of aryl methyl sites for hydroxylation is 1. The molecule has 107 heavy (non-hydrogen) atoms. The monoisotopic (exact) mass is 1360 g/mol. The molecule has 4 aliphatic rings. The zero-order valence-electron chi connectivity index (χ0n) is 58.6. The fraction of sp³-hybridized carbons (Fsp3) is 0.0485. The van der Waals surface area contributed by atoms with Crippen molar-refractivity contribution in [3.63, 3.8) is 0 Å². The van der Waals surface area contributed by atoms with Crippen LogP contribution >= 0.6 is 0 Å². The van der Waals surface area contributed by atoms with Crippen LogP contribution in [0.1, 0.15) is 57.0 Å². The quantitative estimate of drug-likeness (QED) is 0.149. The third-order valence-electron chi connectivity index (χ3n) is 24.9. The average Bonchev–Trinajstić information content (AvgIpc) is 1.49. The maximum Gasteiger partial charge on any atom is 0.141 e. The van der Waals surface area contributed by atoms with Crippen LogP contribution < -0.4 is 0 Å². The maximum absolute atomic E-state index is 5.64. The smallest absolute Gasteiger partial charge is 0.141 e. The largest absolute Gasteiger partial charge is 0.324 e. The van der Waals surface area contributed by atoms with E-state index in [0.29, 0.717) is 6.54 Å². The molecule has 20 aromatic rings. The van der Waals surface area contributed by atoms with Gasteiger partial charge in [0.05, 0.1) is 32.9 Å². The molecule has 0 bridgehead atoms. The molecule has 2 spiro atoms. The molecule has 0 saturated carbocycles. The molecule has 496 valence electrons. The Morgan fingerprint density at radius 2 is 0.589 bits per heavy atom. The van der Waals surface area contributed by atoms with Gasteiger partial charge in [0.15, 0.2) is 0 Å². The summed E-state index contributed by atoms with van der Waals surface area (Å²) in [5.74, 6) is 1.92. The van der Waals surface area contributed by atoms with Gasteiger partial charge in [0.1, 0.15) is 11.6 Å². The molecule has 18 aromatic carbocycles. The van der Waals surface area contributed by atoms with Crippen LogP contribution in [0.2, 0.25) is 0 Å². The molecular weight excluding hydrogens is 1290 g/mol. The molecule has 4 nitrogen and oxygen atoms in total. The molecule has 24 rings (SSSR count). The Morgan fingerprint density at radius 1 is 0.243 bits per heavy atom. The lowest BCUT2D eigenvalue weighted by molar-refractivity contribution is 0.796. The van der Waals surface area contributed by atoms with Crippen molar-refractivity contribution in [3.05, 3.63) is 396 Å². The van der Waals surface area contributed by atoms with E-state index in [9.17, 15) is 0 Å². The predicted octanol–water partition coefficient (Wildman–Crippen LogP) is 25.7. The second-order valence-electron chi connectivity index (χ2n) is 29.8. The van der Waals surface area contributed by atoms with E-state index in [2.05, 4.69) is 362 Å². The molecule has 0 aliphatic heterocycles. The van der Waals surface area contributed by atoms with E-state index in [1.165, 1.54) is 176 Å². The molecule has 0 saturated heterocycles. The Morgan fingerprint density at radius 3 is 1.06 bits per heavy atom. The Bertz CT molecular complexity index is 7270. The fourth-order valence-electron chi connectivity index (χ4n) is 20.9. The Hall–Kier alpha value is -13.5. The second-order valence-corrected chi connectivity index (χ2v) is 29.8. The Labute approximate surface area is 618 Å². The van der Waals surface area contributed by atoms with Crippen molar-refractivity contribution in [2.24, 2.45) is 0 Å². The van der Waals surface area contributed by atoms with E-state index in [1.54, 1.807) is 0 Å². The van der Waals surface area contributed by atoms with E-state index < -0.39 is 10.8 Å². The van der Waals surface area contributed by atoms with E-state index in [1.807, 2.05) is 0 Å². The van der Waals surface area contributed by atoms with Gasteiger partial charge >= 0.3 is 0 Å². The summed E-state index contributed by atoms with van der Waals surface area (Å²) in [6, 6.07) is 131. The van der Waals surface area contributed by atoms with Crippen LogP contribution in [-0.2, 0) is 23.9 Å². The molecular formula is C103H64N4. The highest BCUT2D eigenvalue weighted by molar-refractivity contribution is 6.26. The van der Waals surface area contributed by atoms with Gasteiger partial charge in [-0.15, -0.1) is 0 Å². The van der Waals surface area contributed by atoms with Crippen molar-refractivity contribution >= 4 is 86.7 Å². The zero-order chi connectivity index (χ0) is 70.0. The number of benzene rings is 18. The summed E-state index contributed by atoms with van der Waals surface area (Å²) in [6.07, 6.45) is 0. The van der Waals surface area contributed by atoms with Crippen LogP contribution in [0.4, 0.5) is 0 Å². The van der Waals surface area contributed by atoms with Crippen molar-refractivity contribution in [1.82, 2.24) is 19.1 Å². The average molecular weight is 1360 g/mol. The first-order chi connectivity index (χ1) is 53.1. The normalized spacial score (nSPS) is 13.7. The minimum absolute atomic E-state index is 0.600. The standard InChI is InChI=1S/C103H64N4/c1-2-106-92-51-23-21-49-90(92)104-100(106)64-29-25-27-62(56-64)81-59-89-95(76-41-9-5-34-69(76)81)97-78-54-53-61(55-83(78)70-35-7-12-44-80(70)99(97)103(89)86-47-19-15-38-73(86)74-39-16-20-48-87(74)103)60-107-93-52-24-22-50-91(93)105-101(107)65-30-26-28-63(57-65)82-58-88-94(75-40-8-4-33-68(75)82)96-77-42-10-3-31-66(77)67-32-6-11-43-79(67)98(96)102(88)84-45-17-13-36-71(84)72-37-14-18-46-85(72)102/h3-59H,2,60H2,1H3. The maximum atomic E-state index is 5.64. The molecule has 0 N–H and O–H groups in total. The number of hydrogen-bond acceptors (Lipinski definition) is 2. The van der Waals surface area contributed by atoms with Gasteiger partial charge in [0.2, 0.25) is 0 Å². The second kappa shape index (κ2) is 21.8. The first kappa shape index (κ1) is 58.9. The summed E-state index contributed by atoms with van der Waals surface area (Å²) < 4.78 is 4.82. The van der Waals surface area contributed by atoms with Crippen molar-refractivity contribution in [2.45, 2.75) is 30.8 Å². The number of nitrogens with zero attached hydrogens (tertiary/aromatic N) is 4. The van der Waals surface area contributed by atoms with E-state index >= 15 is 0 Å². The summed E-state index contributed by atoms with van der Waals surface area (Å²) >= 11 is 0. The first-order valence-corrected chi connectivity index (χ1v) is 37.6. The summed E-state index contributed by atoms with van der Waals surface area (Å²) in [6.45, 7) is 3.64. The molecule has 0 amide bonds. The van der Waals surface area contributed by atoms with Crippen LogP contribution in [-0.4, -0.2) is 19.1 Å². The molecule has 4 heteroatoms. The number of fused-ring (bicyclic) bond motifs is 36. The van der Waals surface area contributed by atoms with Crippen molar-refractivity contribution < 1.29 is 0 Å². The Balaban J connectivity index is 0.699. The number of hydrogen-bond donors (Lipinski definition) is 0. The SMILES string of the molecule is CCn1c(-c2cccc(-c3cc4c(c5ccccc35)-c3c(c5ccccc5c5cc(Cn6c(-c7cccc(-c8cc9c(c%10ccccc8%10)-c8c(c%10ccccc%10c%10ccccc8%10)C98c9ccccc9-c9ccccc98)c7)nc7ccccc76)ccc35)C43c4ccccc4-c4ccccc43)c2)nc2ccccc21. The van der Waals surface area contributed by atoms with Gasteiger partial charge in [-0.3, -0.25) is 0 Å². The van der Waals surface area contributed by atoms with E-state index in [0.717, 1.165) is 57.0 Å². The van der Waals surface area contributed by atoms with Gasteiger partial charge in [-0.1, -0.05) is 291 Å². The minimum atomic E-state index is -0.647. The molecule has 2 heterocycles. The zero-order valence-corrected chi connectivity index (χ0v) is 58.6. The van der Waals surface area contributed by atoms with Gasteiger partial charge in [-0.2, -0.15) is 0 Å². The molecule has 2 aromatic heterocycles. The lowest BCUT2D eigenvalue weighted by atomic mass is 9.68. The molecule has 0 unspecified atom stereocenters. The van der Waals surface area contributed by atoms with Crippen LogP contribution in [0, 0.1) is 0 Å². The number of rotatable bonds is 7. The van der Waals surface area contributed by atoms with Crippen LogP contribution in [0.5, 0.6) is 0 Å². The van der Waals surface area contributed by atoms with Gasteiger partial charge in [-0.05, 0) is 243 Å². The topological polar surface area (TPSA) is 35.6 Å². The van der Waals surface area contributed by atoms with Crippen LogP contribution in [0.25, 0.3) is 176 Å². The highest BCUT2D eigenvalue weighted by Gasteiger charge is 2.56. The highest BCUT2D eigenvalue weighted by atomic mass is 15.1. The van der Waals surface area contributed by atoms with Crippen LogP contribution in [0.15, 0.2) is 346 Å². The summed E-state index contributed by atoms with van der Waals surface area (Å²) in [5, 5.41) is 15.1. The third-order valence-corrected chi connectivity index (χ3v) is 24.9. The number of imidazole rings is 2. The summed E-state index contributed by atoms with van der Waals surface area (Å²) in [7, 11) is 0. The number of aromatic nitrogens is 4. The molecule has 4 aliphatic carbocycles. The summed E-state index contributed by atoms with van der Waals surface area (Å²) in [5.41, 5.74) is 32.2.